The Morgan fingerprint density at radius 1 is 1.17 bits per heavy atom. The molecule has 1 aromatic carbocycles. The Morgan fingerprint density at radius 3 is 2.43 bits per heavy atom. The number of aromatic nitrogens is 1. The standard InChI is InChI=1S/C21H26F3N5O4S2/c1-13-18(14-4-5-16(35(3,32)33)15(12-14)21(22,23)24)34-20(26-13)27-19(31)25-7-6-17(30)29-10-8-28(2)9-11-29/h4-5,12H,6-11H2,1-3H3,(H2,25,26,27,31). The number of carbonyl (C=O) groups excluding carboxylic acids is 2. The van der Waals surface area contributed by atoms with Gasteiger partial charge in [0.2, 0.25) is 5.91 Å². The molecule has 9 nitrogen and oxygen atoms in total. The fourth-order valence-corrected chi connectivity index (χ4v) is 5.42. The van der Waals surface area contributed by atoms with E-state index in [4.69, 9.17) is 0 Å². The molecule has 1 fully saturated rings. The molecule has 0 spiro atoms. The molecule has 0 unspecified atom stereocenters. The quantitative estimate of drug-likeness (QED) is 0.591. The second kappa shape index (κ2) is 10.5. The number of aryl methyl sites for hydroxylation is 1. The largest absolute Gasteiger partial charge is 0.417 e. The van der Waals surface area contributed by atoms with E-state index in [1.165, 1.54) is 6.07 Å². The average molecular weight is 534 g/mol. The van der Waals surface area contributed by atoms with Crippen LogP contribution in [0.25, 0.3) is 10.4 Å². The van der Waals surface area contributed by atoms with Crippen molar-refractivity contribution in [3.05, 3.63) is 29.5 Å². The molecule has 0 saturated carbocycles. The minimum atomic E-state index is -4.87. The third kappa shape index (κ3) is 6.92. The van der Waals surface area contributed by atoms with Crippen LogP contribution in [0.1, 0.15) is 17.7 Å². The number of rotatable bonds is 6. The maximum absolute atomic E-state index is 13.5. The Balaban J connectivity index is 1.64. The van der Waals surface area contributed by atoms with Gasteiger partial charge in [-0.05, 0) is 31.7 Å². The van der Waals surface area contributed by atoms with Crippen molar-refractivity contribution in [1.29, 1.82) is 0 Å². The molecule has 2 N–H and O–H groups in total. The van der Waals surface area contributed by atoms with E-state index in [2.05, 4.69) is 20.5 Å². The van der Waals surface area contributed by atoms with Crippen molar-refractivity contribution >= 4 is 38.2 Å². The van der Waals surface area contributed by atoms with Gasteiger partial charge in [-0.3, -0.25) is 10.1 Å². The van der Waals surface area contributed by atoms with Gasteiger partial charge in [0.25, 0.3) is 0 Å². The summed E-state index contributed by atoms with van der Waals surface area (Å²) in [5, 5.41) is 5.25. The monoisotopic (exact) mass is 533 g/mol. The van der Waals surface area contributed by atoms with Crippen LogP contribution in [0.15, 0.2) is 23.1 Å². The van der Waals surface area contributed by atoms with Crippen molar-refractivity contribution < 1.29 is 31.2 Å². The van der Waals surface area contributed by atoms with Gasteiger partial charge in [0, 0.05) is 45.4 Å². The third-order valence-corrected chi connectivity index (χ3v) is 7.72. The van der Waals surface area contributed by atoms with Crippen molar-refractivity contribution in [1.82, 2.24) is 20.1 Å². The van der Waals surface area contributed by atoms with E-state index >= 15 is 0 Å². The number of thiazole rings is 1. The molecule has 0 atom stereocenters. The van der Waals surface area contributed by atoms with Crippen LogP contribution < -0.4 is 10.6 Å². The smallest absolute Gasteiger partial charge is 0.340 e. The number of anilines is 1. The zero-order chi connectivity index (χ0) is 26.0. The van der Waals surface area contributed by atoms with E-state index in [1.54, 1.807) is 11.8 Å². The van der Waals surface area contributed by atoms with Gasteiger partial charge in [0.15, 0.2) is 15.0 Å². The predicted octanol–water partition coefficient (Wildman–Crippen LogP) is 2.83. The summed E-state index contributed by atoms with van der Waals surface area (Å²) >= 11 is 0.957. The van der Waals surface area contributed by atoms with Crippen molar-refractivity contribution in [3.8, 4) is 10.4 Å². The second-order valence-corrected chi connectivity index (χ2v) is 11.2. The molecule has 0 bridgehead atoms. The highest BCUT2D eigenvalue weighted by atomic mass is 32.2. The van der Waals surface area contributed by atoms with Crippen LogP contribution in [0.5, 0.6) is 0 Å². The molecule has 1 aromatic heterocycles. The molecule has 0 radical (unpaired) electrons. The summed E-state index contributed by atoms with van der Waals surface area (Å²) in [5.41, 5.74) is -0.760. The number of nitrogens with one attached hydrogen (secondary N) is 2. The van der Waals surface area contributed by atoms with Crippen LogP contribution >= 0.6 is 11.3 Å². The van der Waals surface area contributed by atoms with E-state index in [0.717, 1.165) is 36.6 Å². The van der Waals surface area contributed by atoms with Crippen LogP contribution in [0.2, 0.25) is 0 Å². The lowest BCUT2D eigenvalue weighted by Crippen LogP contribution is -2.47. The van der Waals surface area contributed by atoms with Crippen molar-refractivity contribution in [3.63, 3.8) is 0 Å². The SMILES string of the molecule is Cc1nc(NC(=O)NCCC(=O)N2CCN(C)CC2)sc1-c1ccc(S(C)(=O)=O)c(C(F)(F)F)c1. The first-order valence-electron chi connectivity index (χ1n) is 10.7. The molecule has 192 valence electrons. The van der Waals surface area contributed by atoms with Gasteiger partial charge < -0.3 is 15.1 Å². The summed E-state index contributed by atoms with van der Waals surface area (Å²) in [7, 11) is -2.10. The van der Waals surface area contributed by atoms with Gasteiger partial charge >= 0.3 is 12.2 Å². The number of carbonyl (C=O) groups is 2. The first kappa shape index (κ1) is 26.9. The van der Waals surface area contributed by atoms with Crippen molar-refractivity contribution in [2.75, 3.05) is 51.3 Å². The molecule has 0 aliphatic carbocycles. The fourth-order valence-electron chi connectivity index (χ4n) is 3.57. The van der Waals surface area contributed by atoms with E-state index in [1.807, 2.05) is 7.05 Å². The molecule has 1 aliphatic heterocycles. The zero-order valence-corrected chi connectivity index (χ0v) is 21.0. The Hall–Kier alpha value is -2.71. The maximum atomic E-state index is 13.5. The molecule has 3 amide bonds. The molecule has 2 aromatic rings. The first-order chi connectivity index (χ1) is 16.3. The zero-order valence-electron chi connectivity index (χ0n) is 19.4. The number of alkyl halides is 3. The number of halogens is 3. The first-order valence-corrected chi connectivity index (χ1v) is 13.4. The average Bonchev–Trinajstić information content (AvgIpc) is 3.12. The molecule has 3 rings (SSSR count). The summed E-state index contributed by atoms with van der Waals surface area (Å²) in [6, 6.07) is 2.37. The van der Waals surface area contributed by atoms with Crippen LogP contribution in [0, 0.1) is 6.92 Å². The van der Waals surface area contributed by atoms with Gasteiger partial charge in [-0.25, -0.2) is 18.2 Å². The van der Waals surface area contributed by atoms with Crippen LogP contribution in [-0.2, 0) is 20.8 Å². The molecule has 1 aliphatic rings. The van der Waals surface area contributed by atoms with E-state index < -0.39 is 32.5 Å². The summed E-state index contributed by atoms with van der Waals surface area (Å²) in [6.45, 7) is 4.57. The summed E-state index contributed by atoms with van der Waals surface area (Å²) < 4.78 is 64.0. The van der Waals surface area contributed by atoms with E-state index in [0.29, 0.717) is 29.9 Å². The number of piperazine rings is 1. The number of likely N-dealkylation sites (N-methyl/N-ethyl adjacent to an activating group) is 1. The number of nitrogens with zero attached hydrogens (tertiary/aromatic N) is 3. The van der Waals surface area contributed by atoms with Crippen molar-refractivity contribution in [2.24, 2.45) is 0 Å². The van der Waals surface area contributed by atoms with Gasteiger partial charge in [0.1, 0.15) is 0 Å². The summed E-state index contributed by atoms with van der Waals surface area (Å²) in [5.74, 6) is -0.0520. The molecular formula is C21H26F3N5O4S2. The number of sulfone groups is 1. The van der Waals surface area contributed by atoms with Gasteiger partial charge in [-0.15, -0.1) is 0 Å². The highest BCUT2D eigenvalue weighted by Crippen LogP contribution is 2.39. The van der Waals surface area contributed by atoms with E-state index in [9.17, 15) is 31.2 Å². The summed E-state index contributed by atoms with van der Waals surface area (Å²) in [6.07, 6.45) is -4.00. The second-order valence-electron chi connectivity index (χ2n) is 8.23. The van der Waals surface area contributed by atoms with Gasteiger partial charge in [0.05, 0.1) is 21.0 Å². The number of benzene rings is 1. The Morgan fingerprint density at radius 2 is 1.83 bits per heavy atom. The van der Waals surface area contributed by atoms with Crippen LogP contribution in [0.4, 0.5) is 23.1 Å². The number of hydrogen-bond acceptors (Lipinski definition) is 7. The van der Waals surface area contributed by atoms with Gasteiger partial charge in [-0.1, -0.05) is 17.4 Å². The van der Waals surface area contributed by atoms with Gasteiger partial charge in [-0.2, -0.15) is 13.2 Å². The van der Waals surface area contributed by atoms with Crippen LogP contribution in [-0.4, -0.2) is 81.2 Å². The lowest BCUT2D eigenvalue weighted by atomic mass is 10.1. The normalized spacial score (nSPS) is 15.2. The fraction of sp³-hybridized carbons (Fsp3) is 0.476. The highest BCUT2D eigenvalue weighted by molar-refractivity contribution is 7.90. The minimum Gasteiger partial charge on any atom is -0.340 e. The lowest BCUT2D eigenvalue weighted by molar-refractivity contribution is -0.139. The lowest BCUT2D eigenvalue weighted by Gasteiger charge is -2.32. The predicted molar refractivity (Wildman–Crippen MR) is 126 cm³/mol. The number of amides is 3. The Labute approximate surface area is 205 Å². The number of hydrogen-bond donors (Lipinski definition) is 2. The Bertz CT molecular complexity index is 1210. The van der Waals surface area contributed by atoms with Crippen LogP contribution in [0.3, 0.4) is 0 Å². The molecule has 35 heavy (non-hydrogen) atoms. The molecular weight excluding hydrogens is 507 g/mol. The minimum absolute atomic E-state index is 0.0520. The van der Waals surface area contributed by atoms with Crippen molar-refractivity contribution in [2.45, 2.75) is 24.4 Å². The summed E-state index contributed by atoms with van der Waals surface area (Å²) in [4.78, 5) is 32.1. The van der Waals surface area contributed by atoms with E-state index in [-0.39, 0.29) is 29.6 Å². The molecule has 2 heterocycles. The number of urea groups is 1. The maximum Gasteiger partial charge on any atom is 0.417 e. The Kier molecular flexibility index (Phi) is 8.07. The topological polar surface area (TPSA) is 112 Å². The molecule has 14 heteroatoms. The third-order valence-electron chi connectivity index (χ3n) is 5.44. The molecule has 1 saturated heterocycles. The highest BCUT2D eigenvalue weighted by Gasteiger charge is 2.36.